The third-order valence-electron chi connectivity index (χ3n) is 1.64. The second kappa shape index (κ2) is 6.07. The lowest BCUT2D eigenvalue weighted by Crippen LogP contribution is -2.17. The highest BCUT2D eigenvalue weighted by atomic mass is 16.5. The Kier molecular flexibility index (Phi) is 4.69. The molecule has 0 aromatic carbocycles. The zero-order valence-corrected chi connectivity index (χ0v) is 8.84. The summed E-state index contributed by atoms with van der Waals surface area (Å²) in [4.78, 5) is 11.3. The zero-order chi connectivity index (χ0) is 11.1. The van der Waals surface area contributed by atoms with Gasteiger partial charge in [0.2, 0.25) is 0 Å². The van der Waals surface area contributed by atoms with Crippen LogP contribution in [0.25, 0.3) is 0 Å². The van der Waals surface area contributed by atoms with E-state index >= 15 is 0 Å². The van der Waals surface area contributed by atoms with Gasteiger partial charge in [-0.05, 0) is 24.3 Å². The summed E-state index contributed by atoms with van der Waals surface area (Å²) in [5, 5.41) is 10.7. The van der Waals surface area contributed by atoms with Gasteiger partial charge in [0.25, 0.3) is 5.82 Å². The number of tetrazole rings is 1. The number of aromatic nitrogens is 4. The maximum atomic E-state index is 11.3. The molecule has 0 aliphatic heterocycles. The third kappa shape index (κ3) is 3.28. The second-order valence-electron chi connectivity index (χ2n) is 2.64. The standard InChI is InChI=1S/C8H14N4O3/c1-3-14-6-5-12-7(9-10-11-12)8(13)15-4-2/h3-6H2,1-2H3. The summed E-state index contributed by atoms with van der Waals surface area (Å²) in [6, 6.07) is 0. The fraction of sp³-hybridized carbons (Fsp3) is 0.750. The number of nitrogens with zero attached hydrogens (tertiary/aromatic N) is 4. The average Bonchev–Trinajstić information content (AvgIpc) is 2.67. The second-order valence-corrected chi connectivity index (χ2v) is 2.64. The Morgan fingerprint density at radius 1 is 1.40 bits per heavy atom. The molecule has 84 valence electrons. The van der Waals surface area contributed by atoms with Gasteiger partial charge in [-0.15, -0.1) is 5.10 Å². The number of hydrogen-bond donors (Lipinski definition) is 0. The molecule has 0 saturated heterocycles. The minimum atomic E-state index is -0.515. The first kappa shape index (κ1) is 11.6. The Hall–Kier alpha value is -1.50. The first-order chi connectivity index (χ1) is 7.29. The topological polar surface area (TPSA) is 79.1 Å². The van der Waals surface area contributed by atoms with Crippen molar-refractivity contribution in [3.63, 3.8) is 0 Å². The van der Waals surface area contributed by atoms with E-state index in [0.29, 0.717) is 26.4 Å². The molecule has 0 unspecified atom stereocenters. The maximum Gasteiger partial charge on any atom is 0.378 e. The van der Waals surface area contributed by atoms with Crippen molar-refractivity contribution < 1.29 is 14.3 Å². The van der Waals surface area contributed by atoms with Crippen LogP contribution in [0.4, 0.5) is 0 Å². The quantitative estimate of drug-likeness (QED) is 0.485. The summed E-state index contributed by atoms with van der Waals surface area (Å²) >= 11 is 0. The van der Waals surface area contributed by atoms with Crippen molar-refractivity contribution in [2.45, 2.75) is 20.4 Å². The van der Waals surface area contributed by atoms with Gasteiger partial charge in [-0.25, -0.2) is 9.48 Å². The zero-order valence-electron chi connectivity index (χ0n) is 8.84. The molecule has 0 amide bonds. The Bertz CT molecular complexity index is 313. The molecule has 0 aliphatic carbocycles. The van der Waals surface area contributed by atoms with E-state index in [9.17, 15) is 4.79 Å². The lowest BCUT2D eigenvalue weighted by Gasteiger charge is -2.03. The minimum Gasteiger partial charge on any atom is -0.460 e. The molecule has 1 aromatic rings. The van der Waals surface area contributed by atoms with Crippen LogP contribution in [0.1, 0.15) is 24.5 Å². The maximum absolute atomic E-state index is 11.3. The molecule has 0 atom stereocenters. The van der Waals surface area contributed by atoms with E-state index in [4.69, 9.17) is 9.47 Å². The summed E-state index contributed by atoms with van der Waals surface area (Å²) in [6.45, 7) is 5.45. The van der Waals surface area contributed by atoms with Crippen molar-refractivity contribution in [1.82, 2.24) is 20.2 Å². The van der Waals surface area contributed by atoms with Crippen molar-refractivity contribution in [1.29, 1.82) is 0 Å². The van der Waals surface area contributed by atoms with Crippen LogP contribution in [0.3, 0.4) is 0 Å². The fourth-order valence-corrected chi connectivity index (χ4v) is 0.992. The van der Waals surface area contributed by atoms with Gasteiger partial charge < -0.3 is 9.47 Å². The lowest BCUT2D eigenvalue weighted by molar-refractivity contribution is 0.0500. The van der Waals surface area contributed by atoms with Crippen molar-refractivity contribution in [2.24, 2.45) is 0 Å². The lowest BCUT2D eigenvalue weighted by atomic mass is 10.5. The minimum absolute atomic E-state index is 0.108. The van der Waals surface area contributed by atoms with Gasteiger partial charge in [0, 0.05) is 6.61 Å². The highest BCUT2D eigenvalue weighted by Gasteiger charge is 2.15. The first-order valence-electron chi connectivity index (χ1n) is 4.80. The Morgan fingerprint density at radius 2 is 2.20 bits per heavy atom. The molecule has 0 bridgehead atoms. The Morgan fingerprint density at radius 3 is 2.87 bits per heavy atom. The first-order valence-corrected chi connectivity index (χ1v) is 4.80. The van der Waals surface area contributed by atoms with Gasteiger partial charge in [-0.2, -0.15) is 0 Å². The van der Waals surface area contributed by atoms with Gasteiger partial charge in [0.15, 0.2) is 0 Å². The molecule has 0 saturated carbocycles. The van der Waals surface area contributed by atoms with Crippen LogP contribution in [0.15, 0.2) is 0 Å². The Balaban J connectivity index is 2.56. The van der Waals surface area contributed by atoms with Gasteiger partial charge in [0.05, 0.1) is 19.8 Å². The Labute approximate surface area is 87.4 Å². The average molecular weight is 214 g/mol. The predicted octanol–water partition coefficient (Wildman–Crippen LogP) is -0.114. The summed E-state index contributed by atoms with van der Waals surface area (Å²) in [6.07, 6.45) is 0. The van der Waals surface area contributed by atoms with Crippen LogP contribution in [-0.2, 0) is 16.0 Å². The summed E-state index contributed by atoms with van der Waals surface area (Å²) in [7, 11) is 0. The van der Waals surface area contributed by atoms with Crippen molar-refractivity contribution in [3.8, 4) is 0 Å². The summed E-state index contributed by atoms with van der Waals surface area (Å²) in [5.74, 6) is -0.407. The number of esters is 1. The number of carbonyl (C=O) groups excluding carboxylic acids is 1. The smallest absolute Gasteiger partial charge is 0.378 e. The highest BCUT2D eigenvalue weighted by Crippen LogP contribution is 1.95. The molecule has 1 rings (SSSR count). The third-order valence-corrected chi connectivity index (χ3v) is 1.64. The molecular weight excluding hydrogens is 200 g/mol. The molecule has 7 heteroatoms. The van der Waals surface area contributed by atoms with Gasteiger partial charge >= 0.3 is 5.97 Å². The van der Waals surface area contributed by atoms with Crippen LogP contribution in [-0.4, -0.2) is 46.0 Å². The van der Waals surface area contributed by atoms with E-state index in [1.54, 1.807) is 6.92 Å². The highest BCUT2D eigenvalue weighted by molar-refractivity contribution is 5.85. The SMILES string of the molecule is CCOCCn1nnnc1C(=O)OCC. The van der Waals surface area contributed by atoms with Crippen LogP contribution < -0.4 is 0 Å². The van der Waals surface area contributed by atoms with E-state index in [-0.39, 0.29) is 5.82 Å². The number of ether oxygens (including phenoxy) is 2. The molecule has 1 heterocycles. The van der Waals surface area contributed by atoms with Gasteiger partial charge in [0.1, 0.15) is 0 Å². The van der Waals surface area contributed by atoms with Crippen LogP contribution in [0.2, 0.25) is 0 Å². The molecular formula is C8H14N4O3. The molecule has 0 spiro atoms. The molecule has 1 aromatic heterocycles. The molecule has 0 N–H and O–H groups in total. The monoisotopic (exact) mass is 214 g/mol. The van der Waals surface area contributed by atoms with Crippen molar-refractivity contribution in [2.75, 3.05) is 19.8 Å². The van der Waals surface area contributed by atoms with Crippen LogP contribution >= 0.6 is 0 Å². The van der Waals surface area contributed by atoms with Crippen molar-refractivity contribution >= 4 is 5.97 Å². The largest absolute Gasteiger partial charge is 0.460 e. The van der Waals surface area contributed by atoms with Crippen molar-refractivity contribution in [3.05, 3.63) is 5.82 Å². The van der Waals surface area contributed by atoms with E-state index < -0.39 is 5.97 Å². The number of hydrogen-bond acceptors (Lipinski definition) is 6. The van der Waals surface area contributed by atoms with E-state index in [1.807, 2.05) is 6.92 Å². The fourth-order valence-electron chi connectivity index (χ4n) is 0.992. The summed E-state index contributed by atoms with van der Waals surface area (Å²) in [5.41, 5.74) is 0. The van der Waals surface area contributed by atoms with Gasteiger partial charge in [-0.1, -0.05) is 0 Å². The molecule has 0 aliphatic rings. The molecule has 0 radical (unpaired) electrons. The van der Waals surface area contributed by atoms with Crippen LogP contribution in [0.5, 0.6) is 0 Å². The normalized spacial score (nSPS) is 10.3. The van der Waals surface area contributed by atoms with Gasteiger partial charge in [-0.3, -0.25) is 0 Å². The predicted molar refractivity (Wildman–Crippen MR) is 50.3 cm³/mol. The molecule has 0 fully saturated rings. The van der Waals surface area contributed by atoms with E-state index in [2.05, 4.69) is 15.5 Å². The van der Waals surface area contributed by atoms with E-state index in [1.165, 1.54) is 4.68 Å². The molecule has 7 nitrogen and oxygen atoms in total. The summed E-state index contributed by atoms with van der Waals surface area (Å²) < 4.78 is 11.3. The number of rotatable bonds is 6. The number of carbonyl (C=O) groups is 1. The molecule has 15 heavy (non-hydrogen) atoms. The van der Waals surface area contributed by atoms with Crippen LogP contribution in [0, 0.1) is 0 Å². The van der Waals surface area contributed by atoms with E-state index in [0.717, 1.165) is 0 Å².